The molecule has 0 amide bonds. The van der Waals surface area contributed by atoms with Gasteiger partial charge in [0.2, 0.25) is 5.82 Å². The Morgan fingerprint density at radius 1 is 1.27 bits per heavy atom. The van der Waals surface area contributed by atoms with Gasteiger partial charge in [-0.15, -0.1) is 0 Å². The van der Waals surface area contributed by atoms with Crippen molar-refractivity contribution in [3.63, 3.8) is 0 Å². The fraction of sp³-hybridized carbons (Fsp3) is 0.450. The summed E-state index contributed by atoms with van der Waals surface area (Å²) in [6.45, 7) is 3.01. The zero-order valence-corrected chi connectivity index (χ0v) is 16.7. The van der Waals surface area contributed by atoms with Gasteiger partial charge in [-0.25, -0.2) is 4.98 Å². The first-order chi connectivity index (χ1) is 14.5. The summed E-state index contributed by atoms with van der Waals surface area (Å²) >= 11 is 0. The lowest BCUT2D eigenvalue weighted by Crippen LogP contribution is -2.37. The summed E-state index contributed by atoms with van der Waals surface area (Å²) in [5.74, 6) is -0.0275. The normalized spacial score (nSPS) is 14.4. The second-order valence-corrected chi connectivity index (χ2v) is 6.84. The number of anilines is 1. The number of piperidine rings is 1. The maximum absolute atomic E-state index is 11.9. The van der Waals surface area contributed by atoms with E-state index in [1.165, 1.54) is 6.33 Å². The molecule has 1 aromatic carbocycles. The van der Waals surface area contributed by atoms with E-state index in [0.29, 0.717) is 44.7 Å². The molecule has 0 unspecified atom stereocenters. The van der Waals surface area contributed by atoms with E-state index in [-0.39, 0.29) is 35.9 Å². The molecular weight excluding hydrogens is 392 g/mol. The lowest BCUT2D eigenvalue weighted by Gasteiger charge is -2.31. The highest BCUT2D eigenvalue weighted by Crippen LogP contribution is 2.37. The Bertz CT molecular complexity index is 881. The largest absolute Gasteiger partial charge is 0.466 e. The summed E-state index contributed by atoms with van der Waals surface area (Å²) in [4.78, 5) is 33.0. The molecule has 0 atom stereocenters. The molecule has 0 saturated carbocycles. The monoisotopic (exact) mass is 416 g/mol. The number of carbonyl (C=O) groups excluding carboxylic acids is 1. The van der Waals surface area contributed by atoms with Crippen LogP contribution in [0.25, 0.3) is 0 Å². The Labute approximate surface area is 173 Å². The third-order valence-corrected chi connectivity index (χ3v) is 4.90. The molecule has 0 radical (unpaired) electrons. The number of benzene rings is 1. The fourth-order valence-corrected chi connectivity index (χ4v) is 3.37. The van der Waals surface area contributed by atoms with E-state index < -0.39 is 4.92 Å². The smallest absolute Gasteiger partial charge is 0.373 e. The number of nitro groups is 1. The summed E-state index contributed by atoms with van der Waals surface area (Å²) in [5, 5.41) is 20.8. The molecule has 10 heteroatoms. The van der Waals surface area contributed by atoms with Crippen molar-refractivity contribution in [3.05, 3.63) is 46.3 Å². The Hall–Kier alpha value is -3.27. The Morgan fingerprint density at radius 2 is 1.97 bits per heavy atom. The molecule has 1 aliphatic heterocycles. The van der Waals surface area contributed by atoms with Gasteiger partial charge in [-0.1, -0.05) is 12.1 Å². The van der Waals surface area contributed by atoms with Crippen molar-refractivity contribution in [3.8, 4) is 11.6 Å². The molecule has 2 aromatic rings. The molecular formula is C20H24N4O6. The van der Waals surface area contributed by atoms with Crippen LogP contribution < -0.4 is 9.64 Å². The van der Waals surface area contributed by atoms with Gasteiger partial charge in [-0.05, 0) is 43.9 Å². The Kier molecular flexibility index (Phi) is 7.12. The standard InChI is InChI=1S/C20H24N4O6/c1-2-29-20(26)15-7-10-23(11-8-15)18-17(24(27)28)19(22-13-21-18)30-16-5-3-14(4-6-16)9-12-25/h3-6,13,15,25H,2,7-12H2,1H3. The number of aromatic nitrogens is 2. The fourth-order valence-electron chi connectivity index (χ4n) is 3.37. The van der Waals surface area contributed by atoms with Gasteiger partial charge >= 0.3 is 17.5 Å². The first-order valence-corrected chi connectivity index (χ1v) is 9.82. The van der Waals surface area contributed by atoms with Crippen LogP contribution in [0.15, 0.2) is 30.6 Å². The average Bonchev–Trinajstić information content (AvgIpc) is 2.75. The quantitative estimate of drug-likeness (QED) is 0.392. The Balaban J connectivity index is 1.78. The van der Waals surface area contributed by atoms with E-state index in [9.17, 15) is 14.9 Å². The van der Waals surface area contributed by atoms with E-state index in [1.54, 1.807) is 36.1 Å². The molecule has 0 spiro atoms. The molecule has 2 heterocycles. The van der Waals surface area contributed by atoms with Crippen LogP contribution in [0.1, 0.15) is 25.3 Å². The second kappa shape index (κ2) is 9.97. The van der Waals surface area contributed by atoms with E-state index in [0.717, 1.165) is 5.56 Å². The highest BCUT2D eigenvalue weighted by Gasteiger charge is 2.33. The van der Waals surface area contributed by atoms with E-state index >= 15 is 0 Å². The van der Waals surface area contributed by atoms with Crippen molar-refractivity contribution in [2.75, 3.05) is 31.2 Å². The van der Waals surface area contributed by atoms with Crippen LogP contribution in [0, 0.1) is 16.0 Å². The van der Waals surface area contributed by atoms with Gasteiger partial charge in [0.1, 0.15) is 12.1 Å². The number of ether oxygens (including phenoxy) is 2. The lowest BCUT2D eigenvalue weighted by molar-refractivity contribution is -0.385. The van der Waals surface area contributed by atoms with E-state index in [1.807, 2.05) is 0 Å². The van der Waals surface area contributed by atoms with Gasteiger partial charge in [0.25, 0.3) is 0 Å². The second-order valence-electron chi connectivity index (χ2n) is 6.84. The van der Waals surface area contributed by atoms with Crippen LogP contribution in [0.3, 0.4) is 0 Å². The number of aliphatic hydroxyl groups excluding tert-OH is 1. The summed E-state index contributed by atoms with van der Waals surface area (Å²) in [7, 11) is 0. The van der Waals surface area contributed by atoms with Crippen LogP contribution in [0.4, 0.5) is 11.5 Å². The number of rotatable bonds is 8. The number of hydrogen-bond acceptors (Lipinski definition) is 9. The number of carbonyl (C=O) groups is 1. The van der Waals surface area contributed by atoms with Gasteiger partial charge in [0.05, 0.1) is 17.4 Å². The van der Waals surface area contributed by atoms with Gasteiger partial charge in [-0.3, -0.25) is 14.9 Å². The van der Waals surface area contributed by atoms with Crippen LogP contribution in [0.2, 0.25) is 0 Å². The maximum atomic E-state index is 11.9. The number of esters is 1. The van der Waals surface area contributed by atoms with Gasteiger partial charge in [-0.2, -0.15) is 4.98 Å². The van der Waals surface area contributed by atoms with Crippen molar-refractivity contribution in [2.24, 2.45) is 5.92 Å². The van der Waals surface area contributed by atoms with Gasteiger partial charge in [0.15, 0.2) is 0 Å². The predicted molar refractivity (Wildman–Crippen MR) is 108 cm³/mol. The van der Waals surface area contributed by atoms with Crippen LogP contribution in [0.5, 0.6) is 11.6 Å². The average molecular weight is 416 g/mol. The van der Waals surface area contributed by atoms with Crippen LogP contribution >= 0.6 is 0 Å². The first-order valence-electron chi connectivity index (χ1n) is 9.82. The highest BCUT2D eigenvalue weighted by atomic mass is 16.6. The summed E-state index contributed by atoms with van der Waals surface area (Å²) in [6.07, 6.45) is 2.81. The predicted octanol–water partition coefficient (Wildman–Crippen LogP) is 2.49. The van der Waals surface area contributed by atoms with Crippen molar-refractivity contribution in [2.45, 2.75) is 26.2 Å². The van der Waals surface area contributed by atoms with Crippen LogP contribution in [-0.4, -0.2) is 52.3 Å². The SMILES string of the molecule is CCOC(=O)C1CCN(c2ncnc(Oc3ccc(CCO)cc3)c2[N+](=O)[O-])CC1. The zero-order chi connectivity index (χ0) is 21.5. The van der Waals surface area contributed by atoms with Crippen molar-refractivity contribution in [1.82, 2.24) is 9.97 Å². The molecule has 1 aromatic heterocycles. The van der Waals surface area contributed by atoms with Gasteiger partial charge < -0.3 is 19.5 Å². The van der Waals surface area contributed by atoms with Crippen molar-refractivity contribution in [1.29, 1.82) is 0 Å². The molecule has 1 fully saturated rings. The molecule has 1 saturated heterocycles. The van der Waals surface area contributed by atoms with E-state index in [2.05, 4.69) is 9.97 Å². The van der Waals surface area contributed by atoms with Crippen molar-refractivity contribution >= 4 is 17.5 Å². The summed E-state index contributed by atoms with van der Waals surface area (Å²) in [5.41, 5.74) is 0.610. The van der Waals surface area contributed by atoms with E-state index in [4.69, 9.17) is 14.6 Å². The number of hydrogen-bond donors (Lipinski definition) is 1. The molecule has 0 bridgehead atoms. The summed E-state index contributed by atoms with van der Waals surface area (Å²) in [6, 6.07) is 6.89. The molecule has 3 rings (SSSR count). The molecule has 30 heavy (non-hydrogen) atoms. The van der Waals surface area contributed by atoms with Crippen molar-refractivity contribution < 1.29 is 24.3 Å². The third kappa shape index (κ3) is 5.01. The van der Waals surface area contributed by atoms with Gasteiger partial charge in [0, 0.05) is 19.7 Å². The number of nitrogens with zero attached hydrogens (tertiary/aromatic N) is 4. The molecule has 10 nitrogen and oxygen atoms in total. The highest BCUT2D eigenvalue weighted by molar-refractivity contribution is 5.73. The third-order valence-electron chi connectivity index (χ3n) is 4.90. The minimum atomic E-state index is -0.553. The first kappa shape index (κ1) is 21.4. The minimum absolute atomic E-state index is 0.0355. The zero-order valence-electron chi connectivity index (χ0n) is 16.7. The maximum Gasteiger partial charge on any atom is 0.373 e. The number of aliphatic hydroxyl groups is 1. The van der Waals surface area contributed by atoms with Crippen LogP contribution in [-0.2, 0) is 16.0 Å². The topological polar surface area (TPSA) is 128 Å². The summed E-state index contributed by atoms with van der Waals surface area (Å²) < 4.78 is 10.7. The Morgan fingerprint density at radius 3 is 2.57 bits per heavy atom. The lowest BCUT2D eigenvalue weighted by atomic mass is 9.97. The molecule has 160 valence electrons. The minimum Gasteiger partial charge on any atom is -0.466 e. The molecule has 1 N–H and O–H groups in total. The molecule has 0 aliphatic carbocycles. The molecule has 1 aliphatic rings.